The standard InChI is InChI=1S/C10H5B6NO2/c11-7-18-5-1-3-4(2-6(5)19-7)9(14,15)10(16,17)8(3,12)13/h1-2,7H,17H2. The van der Waals surface area contributed by atoms with Crippen LogP contribution in [0.15, 0.2) is 12.1 Å². The van der Waals surface area contributed by atoms with Crippen LogP contribution in [0, 0.1) is 0 Å². The number of benzene rings is 1. The molecule has 12 radical (unpaired) electrons. The van der Waals surface area contributed by atoms with E-state index in [1.54, 1.807) is 12.1 Å². The van der Waals surface area contributed by atoms with E-state index in [1.165, 1.54) is 0 Å². The second-order valence-corrected chi connectivity index (χ2v) is 5.06. The molecule has 1 aromatic rings. The quantitative estimate of drug-likeness (QED) is 0.516. The third-order valence-corrected chi connectivity index (χ3v) is 3.83. The molecule has 0 saturated heterocycles. The van der Waals surface area contributed by atoms with Gasteiger partial charge in [-0.1, -0.05) is 21.6 Å². The van der Waals surface area contributed by atoms with Crippen LogP contribution < -0.4 is 15.2 Å². The lowest BCUT2D eigenvalue weighted by Gasteiger charge is -2.47. The van der Waals surface area contributed by atoms with Crippen LogP contribution in [0.1, 0.15) is 11.1 Å². The van der Waals surface area contributed by atoms with Crippen molar-refractivity contribution in [3.8, 4) is 11.5 Å². The third kappa shape index (κ3) is 1.40. The van der Waals surface area contributed by atoms with Crippen LogP contribution in [-0.4, -0.2) is 58.7 Å². The fraction of sp³-hybridized carbons (Fsp3) is 0.400. The first kappa shape index (κ1) is 13.2. The summed E-state index contributed by atoms with van der Waals surface area (Å²) < 4.78 is 10.5. The van der Waals surface area contributed by atoms with Crippen LogP contribution in [-0.2, 0) is 10.4 Å². The highest BCUT2D eigenvalue weighted by Crippen LogP contribution is 2.52. The lowest BCUT2D eigenvalue weighted by molar-refractivity contribution is 0.127. The summed E-state index contributed by atoms with van der Waals surface area (Å²) in [6.07, 6.45) is -0.895. The fourth-order valence-corrected chi connectivity index (χ4v) is 2.49. The molecule has 9 heteroatoms. The van der Waals surface area contributed by atoms with Crippen LogP contribution in [0.25, 0.3) is 0 Å². The first-order valence-electron chi connectivity index (χ1n) is 5.60. The van der Waals surface area contributed by atoms with Gasteiger partial charge in [0.2, 0.25) is 0 Å². The van der Waals surface area contributed by atoms with E-state index in [9.17, 15) is 0 Å². The van der Waals surface area contributed by atoms with Gasteiger partial charge in [-0.05, 0) is 17.6 Å². The lowest BCUT2D eigenvalue weighted by Crippen LogP contribution is -2.67. The maximum absolute atomic E-state index is 6.01. The molecule has 0 aromatic heterocycles. The first-order chi connectivity index (χ1) is 8.59. The van der Waals surface area contributed by atoms with Crippen LogP contribution in [0.2, 0.25) is 0 Å². The number of nitrogens with two attached hydrogens (primary N) is 1. The molecule has 2 aliphatic rings. The van der Waals surface area contributed by atoms with Gasteiger partial charge < -0.3 is 15.2 Å². The molecule has 0 saturated carbocycles. The van der Waals surface area contributed by atoms with Crippen molar-refractivity contribution < 1.29 is 9.47 Å². The molecule has 0 fully saturated rings. The number of rotatable bonds is 0. The maximum atomic E-state index is 6.01. The number of hydrogen-bond donors (Lipinski definition) is 1. The predicted octanol–water partition coefficient (Wildman–Crippen LogP) is -2.27. The Kier molecular flexibility index (Phi) is 2.38. The summed E-state index contributed by atoms with van der Waals surface area (Å²) in [7, 11) is 35.5. The summed E-state index contributed by atoms with van der Waals surface area (Å²) in [6.45, 7) is 0. The van der Waals surface area contributed by atoms with Gasteiger partial charge in [0, 0.05) is 0 Å². The van der Waals surface area contributed by atoms with Gasteiger partial charge in [0.1, 0.15) is 0 Å². The Morgan fingerprint density at radius 3 is 1.63 bits per heavy atom. The molecule has 0 atom stereocenters. The minimum Gasteiger partial charge on any atom is -0.461 e. The summed E-state index contributed by atoms with van der Waals surface area (Å²) in [5.41, 5.74) is 5.01. The van der Waals surface area contributed by atoms with E-state index < -0.39 is 22.1 Å². The van der Waals surface area contributed by atoms with E-state index in [2.05, 4.69) is 0 Å². The molecule has 0 spiro atoms. The largest absolute Gasteiger partial charge is 0.461 e. The minimum absolute atomic E-state index is 0.389. The topological polar surface area (TPSA) is 44.5 Å². The van der Waals surface area contributed by atoms with Crippen LogP contribution in [0.5, 0.6) is 11.5 Å². The van der Waals surface area contributed by atoms with Gasteiger partial charge in [0.15, 0.2) is 25.5 Å². The number of hydrogen-bond acceptors (Lipinski definition) is 3. The zero-order valence-electron chi connectivity index (χ0n) is 10.1. The summed E-state index contributed by atoms with van der Waals surface area (Å²) in [4.78, 5) is 0. The Morgan fingerprint density at radius 1 is 0.895 bits per heavy atom. The van der Waals surface area contributed by atoms with Gasteiger partial charge in [-0.15, -0.1) is 0 Å². The monoisotopic (exact) mass is 237 g/mol. The minimum atomic E-state index is -1.74. The van der Waals surface area contributed by atoms with Crippen molar-refractivity contribution in [1.29, 1.82) is 0 Å². The lowest BCUT2D eigenvalue weighted by atomic mass is 9.30. The summed E-state index contributed by atoms with van der Waals surface area (Å²) in [5, 5.41) is -3.23. The van der Waals surface area contributed by atoms with Crippen molar-refractivity contribution in [2.75, 3.05) is 0 Å². The summed E-state index contributed by atoms with van der Waals surface area (Å²) in [5.74, 6) is 0.778. The van der Waals surface area contributed by atoms with Crippen molar-refractivity contribution in [3.05, 3.63) is 23.3 Å². The average molecular weight is 236 g/mol. The van der Waals surface area contributed by atoms with Crippen molar-refractivity contribution in [3.63, 3.8) is 0 Å². The molecule has 2 N–H and O–H groups in total. The van der Waals surface area contributed by atoms with Gasteiger partial charge in [0.25, 0.3) is 0 Å². The van der Waals surface area contributed by atoms with E-state index in [4.69, 9.17) is 62.3 Å². The Bertz CT molecular complexity index is 526. The van der Waals surface area contributed by atoms with E-state index in [-0.39, 0.29) is 0 Å². The Labute approximate surface area is 119 Å². The molecule has 1 heterocycles. The number of ether oxygens (including phenoxy) is 2. The Balaban J connectivity index is 2.26. The van der Waals surface area contributed by atoms with E-state index in [0.717, 1.165) is 0 Å². The van der Waals surface area contributed by atoms with E-state index >= 15 is 0 Å². The molecule has 1 aliphatic heterocycles. The van der Waals surface area contributed by atoms with Crippen LogP contribution in [0.4, 0.5) is 0 Å². The molecule has 0 bridgehead atoms. The third-order valence-electron chi connectivity index (χ3n) is 3.83. The molecule has 0 amide bonds. The molecular weight excluding hydrogens is 231 g/mol. The highest BCUT2D eigenvalue weighted by molar-refractivity contribution is 6.54. The van der Waals surface area contributed by atoms with Crippen molar-refractivity contribution in [2.45, 2.75) is 22.1 Å². The van der Waals surface area contributed by atoms with Gasteiger partial charge >= 0.3 is 0 Å². The van der Waals surface area contributed by atoms with Crippen LogP contribution >= 0.6 is 0 Å². The zero-order valence-corrected chi connectivity index (χ0v) is 10.1. The molecule has 3 nitrogen and oxygen atoms in total. The van der Waals surface area contributed by atoms with E-state index in [0.29, 0.717) is 22.6 Å². The molecule has 3 rings (SSSR count). The molecule has 80 valence electrons. The smallest absolute Gasteiger partial charge is 0.189 e. The van der Waals surface area contributed by atoms with Gasteiger partial charge in [0.05, 0.1) is 39.2 Å². The number of fused-ring (bicyclic) bond motifs is 2. The van der Waals surface area contributed by atoms with E-state index in [1.807, 2.05) is 0 Å². The first-order valence-corrected chi connectivity index (χ1v) is 5.60. The normalized spacial score (nSPS) is 25.1. The average Bonchev–Trinajstić information content (AvgIpc) is 2.68. The van der Waals surface area contributed by atoms with Crippen molar-refractivity contribution in [1.82, 2.24) is 0 Å². The van der Waals surface area contributed by atoms with Crippen LogP contribution in [0.3, 0.4) is 0 Å². The highest BCUT2D eigenvalue weighted by Gasteiger charge is 2.55. The highest BCUT2D eigenvalue weighted by atomic mass is 16.7. The molecule has 1 aromatic carbocycles. The Morgan fingerprint density at radius 2 is 1.26 bits per heavy atom. The molecular formula is C10H5B6NO2. The second-order valence-electron chi connectivity index (χ2n) is 5.06. The predicted molar refractivity (Wildman–Crippen MR) is 76.3 cm³/mol. The molecule has 19 heavy (non-hydrogen) atoms. The second kappa shape index (κ2) is 3.43. The van der Waals surface area contributed by atoms with Gasteiger partial charge in [-0.25, -0.2) is 0 Å². The Hall–Kier alpha value is -0.830. The zero-order chi connectivity index (χ0) is 14.2. The molecule has 1 aliphatic carbocycles. The SMILES string of the molecule is [B]C1Oc2cc3c(cc2O1)C([B])([B])C([B])(N)C3([B])[B]. The fourth-order valence-electron chi connectivity index (χ4n) is 2.49. The maximum Gasteiger partial charge on any atom is 0.189 e. The van der Waals surface area contributed by atoms with Crippen molar-refractivity contribution in [2.24, 2.45) is 5.73 Å². The summed E-state index contributed by atoms with van der Waals surface area (Å²) in [6, 6.07) is 3.10. The summed E-state index contributed by atoms with van der Waals surface area (Å²) >= 11 is 0. The molecule has 0 unspecified atom stereocenters. The van der Waals surface area contributed by atoms with Gasteiger partial charge in [-0.3, -0.25) is 0 Å². The van der Waals surface area contributed by atoms with Crippen molar-refractivity contribution >= 4 is 47.1 Å². The van der Waals surface area contributed by atoms with Gasteiger partial charge in [-0.2, -0.15) is 0 Å².